The molecule has 2 amide bonds. The van der Waals surface area contributed by atoms with E-state index < -0.39 is 5.97 Å². The molecule has 5 rings (SSSR count). The standard InChI is InChI=1S/C24H20BrNO4/c1-13-10-16-11-19(13)21-20(16)22(27)26(23(21)28)18-8-4-15(5-9-18)24(29)30-12-14-2-6-17(25)7-3-14/h2-10,16,19-21H,11-12H2,1H3/t16-,19-,20+,21+/m0/s1. The largest absolute Gasteiger partial charge is 0.457 e. The Morgan fingerprint density at radius 1 is 1.03 bits per heavy atom. The summed E-state index contributed by atoms with van der Waals surface area (Å²) in [6, 6.07) is 14.0. The SMILES string of the molecule is CC1=C[C@H]2C[C@@H]1[C@H]1C(=O)N(c3ccc(C(=O)OCc4ccc(Br)cc4)cc3)C(=O)[C@@H]12. The molecular formula is C24H20BrNO4. The van der Waals surface area contributed by atoms with Gasteiger partial charge in [-0.1, -0.05) is 39.7 Å². The second-order valence-electron chi connectivity index (χ2n) is 8.23. The number of amides is 2. The Labute approximate surface area is 182 Å². The van der Waals surface area contributed by atoms with Crippen LogP contribution in [-0.2, 0) is 20.9 Å². The zero-order valence-electron chi connectivity index (χ0n) is 16.4. The lowest BCUT2D eigenvalue weighted by atomic mass is 9.82. The molecule has 1 saturated carbocycles. The Balaban J connectivity index is 1.28. The van der Waals surface area contributed by atoms with Gasteiger partial charge in [0.25, 0.3) is 0 Å². The summed E-state index contributed by atoms with van der Waals surface area (Å²) in [4.78, 5) is 39.6. The van der Waals surface area contributed by atoms with E-state index in [0.29, 0.717) is 11.3 Å². The number of carbonyl (C=O) groups excluding carboxylic acids is 3. The van der Waals surface area contributed by atoms with E-state index >= 15 is 0 Å². The van der Waals surface area contributed by atoms with Crippen LogP contribution in [0.3, 0.4) is 0 Å². The summed E-state index contributed by atoms with van der Waals surface area (Å²) >= 11 is 3.37. The second-order valence-corrected chi connectivity index (χ2v) is 9.15. The molecule has 2 aromatic rings. The highest BCUT2D eigenvalue weighted by molar-refractivity contribution is 9.10. The molecule has 0 spiro atoms. The monoisotopic (exact) mass is 465 g/mol. The number of imide groups is 1. The van der Waals surface area contributed by atoms with E-state index in [9.17, 15) is 14.4 Å². The van der Waals surface area contributed by atoms with Gasteiger partial charge in [0.05, 0.1) is 23.1 Å². The number of hydrogen-bond acceptors (Lipinski definition) is 4. The molecule has 2 bridgehead atoms. The Morgan fingerprint density at radius 2 is 1.70 bits per heavy atom. The highest BCUT2D eigenvalue weighted by atomic mass is 79.9. The normalized spacial score (nSPS) is 26.7. The number of allylic oxidation sites excluding steroid dienone is 2. The maximum atomic E-state index is 13.0. The molecular weight excluding hydrogens is 446 g/mol. The van der Waals surface area contributed by atoms with Gasteiger partial charge in [0.2, 0.25) is 11.8 Å². The minimum absolute atomic E-state index is 0.115. The van der Waals surface area contributed by atoms with Crippen LogP contribution in [0.25, 0.3) is 0 Å². The summed E-state index contributed by atoms with van der Waals surface area (Å²) in [6.45, 7) is 2.23. The molecule has 0 N–H and O–H groups in total. The first kappa shape index (κ1) is 19.2. The van der Waals surface area contributed by atoms with Crippen LogP contribution in [0, 0.1) is 23.7 Å². The van der Waals surface area contributed by atoms with Crippen LogP contribution in [0.5, 0.6) is 0 Å². The fourth-order valence-corrected chi connectivity index (χ4v) is 5.35. The lowest BCUT2D eigenvalue weighted by Crippen LogP contribution is -2.32. The Morgan fingerprint density at radius 3 is 2.40 bits per heavy atom. The molecule has 0 radical (unpaired) electrons. The first-order valence-corrected chi connectivity index (χ1v) is 10.8. The first-order valence-electron chi connectivity index (χ1n) is 10.0. The van der Waals surface area contributed by atoms with Crippen molar-refractivity contribution >= 4 is 39.4 Å². The van der Waals surface area contributed by atoms with Gasteiger partial charge < -0.3 is 4.74 Å². The predicted molar refractivity (Wildman–Crippen MR) is 115 cm³/mol. The van der Waals surface area contributed by atoms with Crippen molar-refractivity contribution in [1.82, 2.24) is 0 Å². The average Bonchev–Trinajstić information content (AvgIpc) is 3.38. The maximum Gasteiger partial charge on any atom is 0.338 e. The molecule has 1 saturated heterocycles. The Hall–Kier alpha value is -2.73. The number of halogens is 1. The summed E-state index contributed by atoms with van der Waals surface area (Å²) < 4.78 is 6.32. The fourth-order valence-electron chi connectivity index (χ4n) is 5.09. The molecule has 6 heteroatoms. The smallest absolute Gasteiger partial charge is 0.338 e. The van der Waals surface area contributed by atoms with E-state index in [4.69, 9.17) is 4.74 Å². The Kier molecular flexibility index (Phi) is 4.62. The lowest BCUT2D eigenvalue weighted by Gasteiger charge is -2.19. The lowest BCUT2D eigenvalue weighted by molar-refractivity contribution is -0.123. The molecule has 3 aliphatic rings. The number of rotatable bonds is 4. The second kappa shape index (κ2) is 7.20. The van der Waals surface area contributed by atoms with E-state index in [1.807, 2.05) is 24.3 Å². The van der Waals surface area contributed by atoms with Crippen molar-refractivity contribution < 1.29 is 19.1 Å². The van der Waals surface area contributed by atoms with Crippen LogP contribution in [0.1, 0.15) is 29.3 Å². The van der Waals surface area contributed by atoms with E-state index in [-0.39, 0.29) is 42.1 Å². The zero-order valence-corrected chi connectivity index (χ0v) is 18.0. The number of ether oxygens (including phenoxy) is 1. The van der Waals surface area contributed by atoms with Gasteiger partial charge in [0.1, 0.15) is 6.61 Å². The number of carbonyl (C=O) groups is 3. The molecule has 2 aliphatic carbocycles. The highest BCUT2D eigenvalue weighted by Gasteiger charge is 2.60. The van der Waals surface area contributed by atoms with Gasteiger partial charge in [-0.3, -0.25) is 14.5 Å². The van der Waals surface area contributed by atoms with E-state index in [1.54, 1.807) is 24.3 Å². The molecule has 30 heavy (non-hydrogen) atoms. The van der Waals surface area contributed by atoms with Crippen molar-refractivity contribution in [2.24, 2.45) is 23.7 Å². The van der Waals surface area contributed by atoms with Crippen LogP contribution in [0.15, 0.2) is 64.7 Å². The molecule has 1 aliphatic heterocycles. The zero-order chi connectivity index (χ0) is 21.0. The minimum atomic E-state index is -0.446. The van der Waals surface area contributed by atoms with Crippen molar-refractivity contribution in [3.63, 3.8) is 0 Å². The quantitative estimate of drug-likeness (QED) is 0.378. The van der Waals surface area contributed by atoms with Crippen LogP contribution in [-0.4, -0.2) is 17.8 Å². The van der Waals surface area contributed by atoms with Crippen molar-refractivity contribution in [2.45, 2.75) is 20.0 Å². The Bertz CT molecular complexity index is 1070. The summed E-state index contributed by atoms with van der Waals surface area (Å²) in [7, 11) is 0. The molecule has 5 nitrogen and oxygen atoms in total. The fraction of sp³-hybridized carbons (Fsp3) is 0.292. The molecule has 2 aromatic carbocycles. The molecule has 1 heterocycles. The van der Waals surface area contributed by atoms with Gasteiger partial charge in [0.15, 0.2) is 0 Å². The van der Waals surface area contributed by atoms with Gasteiger partial charge in [0, 0.05) is 4.47 Å². The van der Waals surface area contributed by atoms with E-state index in [2.05, 4.69) is 28.9 Å². The topological polar surface area (TPSA) is 63.7 Å². The average molecular weight is 466 g/mol. The maximum absolute atomic E-state index is 13.0. The van der Waals surface area contributed by atoms with Crippen molar-refractivity contribution in [3.8, 4) is 0 Å². The van der Waals surface area contributed by atoms with Gasteiger partial charge in [-0.05, 0) is 67.1 Å². The molecule has 152 valence electrons. The summed E-state index contributed by atoms with van der Waals surface area (Å²) in [5, 5.41) is 0. The third-order valence-electron chi connectivity index (χ3n) is 6.53. The van der Waals surface area contributed by atoms with Crippen LogP contribution in [0.2, 0.25) is 0 Å². The highest BCUT2D eigenvalue weighted by Crippen LogP contribution is 2.55. The van der Waals surface area contributed by atoms with Crippen LogP contribution >= 0.6 is 15.9 Å². The van der Waals surface area contributed by atoms with Crippen molar-refractivity contribution in [3.05, 3.63) is 75.8 Å². The number of nitrogens with zero attached hydrogens (tertiary/aromatic N) is 1. The van der Waals surface area contributed by atoms with Gasteiger partial charge in [-0.2, -0.15) is 0 Å². The molecule has 0 aromatic heterocycles. The summed E-state index contributed by atoms with van der Waals surface area (Å²) in [5.74, 6) is -0.783. The van der Waals surface area contributed by atoms with E-state index in [0.717, 1.165) is 16.5 Å². The number of anilines is 1. The predicted octanol–water partition coefficient (Wildman–Crippen LogP) is 4.51. The molecule has 4 atom stereocenters. The van der Waals surface area contributed by atoms with Crippen LogP contribution < -0.4 is 4.90 Å². The van der Waals surface area contributed by atoms with Gasteiger partial charge >= 0.3 is 5.97 Å². The van der Waals surface area contributed by atoms with Gasteiger partial charge in [-0.25, -0.2) is 4.79 Å². The third kappa shape index (κ3) is 3.01. The van der Waals surface area contributed by atoms with Crippen molar-refractivity contribution in [2.75, 3.05) is 4.90 Å². The van der Waals surface area contributed by atoms with Crippen LogP contribution in [0.4, 0.5) is 5.69 Å². The van der Waals surface area contributed by atoms with Crippen molar-refractivity contribution in [1.29, 1.82) is 0 Å². The number of esters is 1. The van der Waals surface area contributed by atoms with Gasteiger partial charge in [-0.15, -0.1) is 0 Å². The van der Waals surface area contributed by atoms with E-state index in [1.165, 1.54) is 10.5 Å². The summed E-state index contributed by atoms with van der Waals surface area (Å²) in [6.07, 6.45) is 3.07. The molecule has 2 fully saturated rings. The number of fused-ring (bicyclic) bond motifs is 5. The number of benzene rings is 2. The summed E-state index contributed by atoms with van der Waals surface area (Å²) in [5.41, 5.74) is 3.02. The molecule has 0 unspecified atom stereocenters. The minimum Gasteiger partial charge on any atom is -0.457 e. The number of hydrogen-bond donors (Lipinski definition) is 0. The third-order valence-corrected chi connectivity index (χ3v) is 7.05. The first-order chi connectivity index (χ1) is 14.4.